The van der Waals surface area contributed by atoms with Gasteiger partial charge in [0.25, 0.3) is 0 Å². The SMILES string of the molecule is N#Cc1cccc(Cn2c3ccccc3c3ccccc32)c1-c1cccc2c1oc1c2ccc2c1c1ccccc1n2-c1ccccc1. The van der Waals surface area contributed by atoms with Crippen LogP contribution in [0.2, 0.25) is 0 Å². The second kappa shape index (κ2) is 10.2. The number of furan rings is 1. The summed E-state index contributed by atoms with van der Waals surface area (Å²) in [6.07, 6.45) is 0. The van der Waals surface area contributed by atoms with Crippen LogP contribution in [0.15, 0.2) is 156 Å². The summed E-state index contributed by atoms with van der Waals surface area (Å²) in [5, 5.41) is 17.3. The summed E-state index contributed by atoms with van der Waals surface area (Å²) in [7, 11) is 0. The van der Waals surface area contributed by atoms with E-state index >= 15 is 0 Å². The van der Waals surface area contributed by atoms with E-state index in [0.717, 1.165) is 66.1 Å². The van der Waals surface area contributed by atoms with E-state index in [1.165, 1.54) is 21.8 Å². The molecule has 48 heavy (non-hydrogen) atoms. The number of nitrogens with zero attached hydrogens (tertiary/aromatic N) is 3. The van der Waals surface area contributed by atoms with Crippen molar-refractivity contribution in [3.8, 4) is 22.9 Å². The summed E-state index contributed by atoms with van der Waals surface area (Å²) in [4.78, 5) is 0. The molecule has 0 saturated heterocycles. The fraction of sp³-hybridized carbons (Fsp3) is 0.0227. The first-order valence-corrected chi connectivity index (χ1v) is 16.2. The van der Waals surface area contributed by atoms with Gasteiger partial charge in [-0.25, -0.2) is 0 Å². The molecule has 0 radical (unpaired) electrons. The average molecular weight is 614 g/mol. The summed E-state index contributed by atoms with van der Waals surface area (Å²) in [5.74, 6) is 0. The first-order chi connectivity index (χ1) is 23.8. The summed E-state index contributed by atoms with van der Waals surface area (Å²) in [6.45, 7) is 0.615. The van der Waals surface area contributed by atoms with Gasteiger partial charge in [-0.1, -0.05) is 103 Å². The molecule has 0 saturated carbocycles. The molecule has 224 valence electrons. The van der Waals surface area contributed by atoms with Crippen LogP contribution in [0.1, 0.15) is 11.1 Å². The fourth-order valence-corrected chi connectivity index (χ4v) is 7.85. The molecule has 10 aromatic rings. The van der Waals surface area contributed by atoms with E-state index in [-0.39, 0.29) is 0 Å². The normalized spacial score (nSPS) is 11.8. The minimum absolute atomic E-state index is 0.615. The molecular formula is C44H27N3O. The number of rotatable bonds is 4. The first kappa shape index (κ1) is 26.6. The summed E-state index contributed by atoms with van der Waals surface area (Å²) in [5.41, 5.74) is 10.9. The molecule has 0 amide bonds. The van der Waals surface area contributed by atoms with Gasteiger partial charge >= 0.3 is 0 Å². The monoisotopic (exact) mass is 613 g/mol. The van der Waals surface area contributed by atoms with E-state index in [1.807, 2.05) is 18.2 Å². The summed E-state index contributed by atoms with van der Waals surface area (Å²) >= 11 is 0. The molecular weight excluding hydrogens is 587 g/mol. The molecule has 10 rings (SSSR count). The van der Waals surface area contributed by atoms with Crippen molar-refractivity contribution in [1.82, 2.24) is 9.13 Å². The number of para-hydroxylation sites is 5. The highest BCUT2D eigenvalue weighted by atomic mass is 16.3. The third kappa shape index (κ3) is 3.70. The van der Waals surface area contributed by atoms with Crippen molar-refractivity contribution in [2.45, 2.75) is 6.54 Å². The van der Waals surface area contributed by atoms with Crippen LogP contribution in [0.4, 0.5) is 0 Å². The number of nitriles is 1. The van der Waals surface area contributed by atoms with Gasteiger partial charge < -0.3 is 13.6 Å². The molecule has 0 unspecified atom stereocenters. The Hall–Kier alpha value is -6.57. The van der Waals surface area contributed by atoms with Crippen LogP contribution in [-0.4, -0.2) is 9.13 Å². The quantitative estimate of drug-likeness (QED) is 0.198. The maximum Gasteiger partial charge on any atom is 0.145 e. The molecule has 4 heteroatoms. The van der Waals surface area contributed by atoms with E-state index in [1.54, 1.807) is 0 Å². The van der Waals surface area contributed by atoms with Crippen LogP contribution in [-0.2, 0) is 6.54 Å². The largest absolute Gasteiger partial charge is 0.455 e. The highest BCUT2D eigenvalue weighted by molar-refractivity contribution is 6.24. The topological polar surface area (TPSA) is 46.8 Å². The predicted molar refractivity (Wildman–Crippen MR) is 197 cm³/mol. The average Bonchev–Trinajstić information content (AvgIpc) is 3.80. The fourth-order valence-electron chi connectivity index (χ4n) is 7.85. The van der Waals surface area contributed by atoms with Crippen LogP contribution in [0.5, 0.6) is 0 Å². The Bertz CT molecular complexity index is 2880. The number of hydrogen-bond donors (Lipinski definition) is 0. The zero-order valence-corrected chi connectivity index (χ0v) is 25.9. The highest BCUT2D eigenvalue weighted by Crippen LogP contribution is 2.44. The van der Waals surface area contributed by atoms with Crippen LogP contribution < -0.4 is 0 Å². The van der Waals surface area contributed by atoms with Crippen molar-refractivity contribution in [1.29, 1.82) is 5.26 Å². The predicted octanol–water partition coefficient (Wildman–Crippen LogP) is 11.4. The highest BCUT2D eigenvalue weighted by Gasteiger charge is 2.22. The first-order valence-electron chi connectivity index (χ1n) is 16.2. The molecule has 0 spiro atoms. The Morgan fingerprint density at radius 1 is 0.500 bits per heavy atom. The van der Waals surface area contributed by atoms with E-state index in [2.05, 4.69) is 149 Å². The van der Waals surface area contributed by atoms with Gasteiger partial charge in [-0.2, -0.15) is 5.26 Å². The second-order valence-corrected chi connectivity index (χ2v) is 12.4. The van der Waals surface area contributed by atoms with Gasteiger partial charge in [0.2, 0.25) is 0 Å². The lowest BCUT2D eigenvalue weighted by atomic mass is 9.93. The molecule has 0 N–H and O–H groups in total. The van der Waals surface area contributed by atoms with Gasteiger partial charge in [-0.3, -0.25) is 0 Å². The lowest BCUT2D eigenvalue weighted by Crippen LogP contribution is -2.03. The van der Waals surface area contributed by atoms with E-state index in [4.69, 9.17) is 4.42 Å². The molecule has 0 aliphatic rings. The number of benzene rings is 7. The lowest BCUT2D eigenvalue weighted by Gasteiger charge is -2.15. The van der Waals surface area contributed by atoms with Crippen molar-refractivity contribution in [3.05, 3.63) is 163 Å². The molecule has 0 bridgehead atoms. The van der Waals surface area contributed by atoms with Gasteiger partial charge in [0.1, 0.15) is 11.2 Å². The Morgan fingerprint density at radius 2 is 1.12 bits per heavy atom. The second-order valence-electron chi connectivity index (χ2n) is 12.4. The van der Waals surface area contributed by atoms with Gasteiger partial charge in [0.05, 0.1) is 28.1 Å². The maximum atomic E-state index is 10.5. The molecule has 0 aliphatic carbocycles. The van der Waals surface area contributed by atoms with Gasteiger partial charge in [0, 0.05) is 61.3 Å². The number of fused-ring (bicyclic) bond motifs is 10. The molecule has 0 atom stereocenters. The van der Waals surface area contributed by atoms with Crippen molar-refractivity contribution < 1.29 is 4.42 Å². The van der Waals surface area contributed by atoms with Crippen LogP contribution >= 0.6 is 0 Å². The van der Waals surface area contributed by atoms with E-state index < -0.39 is 0 Å². The Kier molecular flexibility index (Phi) is 5.67. The molecule has 0 fully saturated rings. The molecule has 4 nitrogen and oxygen atoms in total. The zero-order chi connectivity index (χ0) is 31.8. The summed E-state index contributed by atoms with van der Waals surface area (Å²) in [6, 6.07) is 55.4. The minimum Gasteiger partial charge on any atom is -0.455 e. The van der Waals surface area contributed by atoms with Crippen molar-refractivity contribution in [3.63, 3.8) is 0 Å². The van der Waals surface area contributed by atoms with Crippen molar-refractivity contribution in [2.75, 3.05) is 0 Å². The molecule has 3 heterocycles. The Morgan fingerprint density at radius 3 is 1.88 bits per heavy atom. The third-order valence-electron chi connectivity index (χ3n) is 9.86. The van der Waals surface area contributed by atoms with Crippen LogP contribution in [0.3, 0.4) is 0 Å². The van der Waals surface area contributed by atoms with Crippen molar-refractivity contribution in [2.24, 2.45) is 0 Å². The molecule has 0 aliphatic heterocycles. The number of hydrogen-bond acceptors (Lipinski definition) is 2. The molecule has 3 aromatic heterocycles. The lowest BCUT2D eigenvalue weighted by molar-refractivity contribution is 0.674. The van der Waals surface area contributed by atoms with E-state index in [9.17, 15) is 5.26 Å². The zero-order valence-electron chi connectivity index (χ0n) is 25.9. The standard InChI is InChI=1S/C44H27N3O/c45-26-28-12-10-13-29(27-46-37-21-7-4-16-31(37)32-17-5-8-22-38(32)46)41(28)36-20-11-19-33-34-24-25-40-42(44(34)48-43(33)36)35-18-6-9-23-39(35)47(40)30-14-2-1-3-15-30/h1-25H,27H2. The Labute approximate surface area is 275 Å². The maximum absolute atomic E-state index is 10.5. The smallest absolute Gasteiger partial charge is 0.145 e. The van der Waals surface area contributed by atoms with Gasteiger partial charge in [-0.15, -0.1) is 0 Å². The number of aromatic nitrogens is 2. The van der Waals surface area contributed by atoms with Gasteiger partial charge in [0.15, 0.2) is 0 Å². The van der Waals surface area contributed by atoms with E-state index in [0.29, 0.717) is 12.1 Å². The third-order valence-corrected chi connectivity index (χ3v) is 9.86. The molecule has 7 aromatic carbocycles. The van der Waals surface area contributed by atoms with Crippen LogP contribution in [0, 0.1) is 11.3 Å². The van der Waals surface area contributed by atoms with Gasteiger partial charge in [-0.05, 0) is 54.1 Å². The Balaban J connectivity index is 1.25. The van der Waals surface area contributed by atoms with Crippen molar-refractivity contribution >= 4 is 65.6 Å². The minimum atomic E-state index is 0.615. The summed E-state index contributed by atoms with van der Waals surface area (Å²) < 4.78 is 11.7. The van der Waals surface area contributed by atoms with Crippen LogP contribution in [0.25, 0.3) is 82.4 Å².